The highest BCUT2D eigenvalue weighted by molar-refractivity contribution is 7.27. The van der Waals surface area contributed by atoms with Gasteiger partial charge in [0, 0.05) is 5.41 Å². The number of aromatic nitrogens is 1. The molecule has 62 valence electrons. The Morgan fingerprint density at radius 2 is 2.00 bits per heavy atom. The molecule has 0 saturated carbocycles. The molecule has 0 spiro atoms. The Morgan fingerprint density at radius 1 is 1.45 bits per heavy atom. The van der Waals surface area contributed by atoms with E-state index in [1.807, 2.05) is 0 Å². The maximum Gasteiger partial charge on any atom is 0.292 e. The van der Waals surface area contributed by atoms with Crippen molar-refractivity contribution in [2.45, 2.75) is 26.2 Å². The van der Waals surface area contributed by atoms with Crippen LogP contribution in [0.15, 0.2) is 4.42 Å². The number of hydrogen-bond acceptors (Lipinski definition) is 3. The molecule has 0 radical (unpaired) electrons. The summed E-state index contributed by atoms with van der Waals surface area (Å²) in [5.74, 6) is 0.833. The highest BCUT2D eigenvalue weighted by atomic mass is 31.0. The van der Waals surface area contributed by atoms with E-state index in [1.54, 1.807) is 0 Å². The van der Waals surface area contributed by atoms with Gasteiger partial charge in [0.25, 0.3) is 6.01 Å². The molecular formula is C7H13N2OP. The highest BCUT2D eigenvalue weighted by Crippen LogP contribution is 2.23. The minimum Gasteiger partial charge on any atom is -0.428 e. The van der Waals surface area contributed by atoms with Gasteiger partial charge in [-0.05, 0) is 0 Å². The molecule has 1 rings (SSSR count). The van der Waals surface area contributed by atoms with E-state index in [0.717, 1.165) is 11.2 Å². The Balaban J connectivity index is 3.13. The first kappa shape index (κ1) is 8.54. The Kier molecular flexibility index (Phi) is 1.93. The second-order valence-electron chi connectivity index (χ2n) is 3.52. The van der Waals surface area contributed by atoms with E-state index in [-0.39, 0.29) is 11.4 Å². The van der Waals surface area contributed by atoms with E-state index in [4.69, 9.17) is 10.2 Å². The fourth-order valence-electron chi connectivity index (χ4n) is 0.886. The first-order valence-corrected chi connectivity index (χ1v) is 4.01. The van der Waals surface area contributed by atoms with Gasteiger partial charge in [-0.15, -0.1) is 0 Å². The minimum absolute atomic E-state index is 0.0261. The fraction of sp³-hybridized carbons (Fsp3) is 0.571. The first-order chi connectivity index (χ1) is 4.91. The molecule has 4 heteroatoms. The van der Waals surface area contributed by atoms with Gasteiger partial charge in [-0.3, -0.25) is 0 Å². The zero-order valence-electron chi connectivity index (χ0n) is 7.01. The monoisotopic (exact) mass is 172 g/mol. The zero-order chi connectivity index (χ0) is 8.65. The molecule has 0 aliphatic heterocycles. The fourth-order valence-corrected chi connectivity index (χ4v) is 1.51. The first-order valence-electron chi connectivity index (χ1n) is 3.43. The second kappa shape index (κ2) is 2.49. The van der Waals surface area contributed by atoms with Gasteiger partial charge in [0.2, 0.25) is 0 Å². The summed E-state index contributed by atoms with van der Waals surface area (Å²) in [4.78, 5) is 3.95. The number of nitrogen functional groups attached to an aromatic ring is 1. The lowest BCUT2D eigenvalue weighted by molar-refractivity contribution is 0.421. The largest absolute Gasteiger partial charge is 0.428 e. The van der Waals surface area contributed by atoms with E-state index in [0.29, 0.717) is 0 Å². The molecule has 1 aromatic heterocycles. The highest BCUT2D eigenvalue weighted by Gasteiger charge is 2.22. The average molecular weight is 172 g/mol. The van der Waals surface area contributed by atoms with Crippen LogP contribution >= 0.6 is 9.24 Å². The molecule has 0 amide bonds. The predicted molar refractivity (Wildman–Crippen MR) is 49.0 cm³/mol. The summed E-state index contributed by atoms with van der Waals surface area (Å²) < 4.78 is 5.22. The third-order valence-electron chi connectivity index (χ3n) is 1.35. The summed E-state index contributed by atoms with van der Waals surface area (Å²) >= 11 is 0. The number of rotatable bonds is 0. The zero-order valence-corrected chi connectivity index (χ0v) is 8.16. The molecule has 0 fully saturated rings. The molecule has 0 aliphatic rings. The molecule has 0 aliphatic carbocycles. The number of hydrogen-bond donors (Lipinski definition) is 1. The molecular weight excluding hydrogens is 159 g/mol. The molecule has 0 saturated heterocycles. The van der Waals surface area contributed by atoms with Crippen molar-refractivity contribution in [2.24, 2.45) is 0 Å². The summed E-state index contributed by atoms with van der Waals surface area (Å²) in [7, 11) is 2.51. The standard InChI is InChI=1S/C7H13N2OP/c1-7(2,3)4-5(11)9-6(8)10-4/h11H2,1-3H3,(H2,8,9). The molecule has 11 heavy (non-hydrogen) atoms. The second-order valence-corrected chi connectivity index (χ2v) is 4.06. The van der Waals surface area contributed by atoms with Crippen LogP contribution in [0.25, 0.3) is 0 Å². The number of anilines is 1. The van der Waals surface area contributed by atoms with Crippen LogP contribution in [0.5, 0.6) is 0 Å². The van der Waals surface area contributed by atoms with Crippen LogP contribution in [0, 0.1) is 0 Å². The van der Waals surface area contributed by atoms with Gasteiger partial charge in [-0.1, -0.05) is 30.0 Å². The minimum atomic E-state index is -0.0261. The van der Waals surface area contributed by atoms with Gasteiger partial charge in [0.1, 0.15) is 11.2 Å². The van der Waals surface area contributed by atoms with Crippen molar-refractivity contribution in [3.8, 4) is 0 Å². The van der Waals surface area contributed by atoms with Crippen molar-refractivity contribution in [1.29, 1.82) is 0 Å². The van der Waals surface area contributed by atoms with Crippen LogP contribution in [0.4, 0.5) is 6.01 Å². The Bertz CT molecular complexity index is 262. The van der Waals surface area contributed by atoms with Crippen LogP contribution in [-0.2, 0) is 5.41 Å². The summed E-state index contributed by atoms with van der Waals surface area (Å²) in [5, 5.41) is 0. The van der Waals surface area contributed by atoms with E-state index in [9.17, 15) is 0 Å². The third-order valence-corrected chi connectivity index (χ3v) is 1.74. The quantitative estimate of drug-likeness (QED) is 0.595. The molecule has 0 aromatic carbocycles. The van der Waals surface area contributed by atoms with Crippen molar-refractivity contribution in [2.75, 3.05) is 5.73 Å². The maximum atomic E-state index is 5.38. The number of oxazole rings is 1. The summed E-state index contributed by atoms with van der Waals surface area (Å²) in [6, 6.07) is 0.236. The van der Waals surface area contributed by atoms with Crippen LogP contribution < -0.4 is 11.2 Å². The van der Waals surface area contributed by atoms with Crippen LogP contribution in [-0.4, -0.2) is 4.98 Å². The van der Waals surface area contributed by atoms with Crippen molar-refractivity contribution < 1.29 is 4.42 Å². The predicted octanol–water partition coefficient (Wildman–Crippen LogP) is 1.05. The summed E-state index contributed by atoms with van der Waals surface area (Å²) in [6.45, 7) is 6.17. The molecule has 1 aromatic rings. The SMILES string of the molecule is CC(C)(C)c1oc(N)nc1P. The molecule has 1 atom stereocenters. The van der Waals surface area contributed by atoms with Gasteiger partial charge in [0.05, 0.1) is 0 Å². The van der Waals surface area contributed by atoms with Crippen molar-refractivity contribution in [3.63, 3.8) is 0 Å². The topological polar surface area (TPSA) is 52.0 Å². The van der Waals surface area contributed by atoms with E-state index >= 15 is 0 Å². The smallest absolute Gasteiger partial charge is 0.292 e. The van der Waals surface area contributed by atoms with Crippen LogP contribution in [0.2, 0.25) is 0 Å². The van der Waals surface area contributed by atoms with Crippen LogP contribution in [0.1, 0.15) is 26.5 Å². The average Bonchev–Trinajstić information content (AvgIpc) is 2.08. The lowest BCUT2D eigenvalue weighted by Gasteiger charge is -2.14. The summed E-state index contributed by atoms with van der Waals surface area (Å²) in [5.41, 5.74) is 6.16. The molecule has 1 unspecified atom stereocenters. The van der Waals surface area contributed by atoms with Gasteiger partial charge in [0.15, 0.2) is 0 Å². The lowest BCUT2D eigenvalue weighted by Crippen LogP contribution is -2.16. The molecule has 3 nitrogen and oxygen atoms in total. The van der Waals surface area contributed by atoms with Crippen molar-refractivity contribution >= 4 is 20.7 Å². The summed E-state index contributed by atoms with van der Waals surface area (Å²) in [6.07, 6.45) is 0. The Morgan fingerprint density at radius 3 is 2.18 bits per heavy atom. The Labute approximate surface area is 68.6 Å². The van der Waals surface area contributed by atoms with Gasteiger partial charge in [-0.25, -0.2) is 0 Å². The third kappa shape index (κ3) is 1.72. The number of nitrogens with zero attached hydrogens (tertiary/aromatic N) is 1. The van der Waals surface area contributed by atoms with Crippen LogP contribution in [0.3, 0.4) is 0 Å². The van der Waals surface area contributed by atoms with E-state index in [1.165, 1.54) is 0 Å². The number of nitrogens with two attached hydrogens (primary N) is 1. The molecule has 0 bridgehead atoms. The van der Waals surface area contributed by atoms with E-state index in [2.05, 4.69) is 35.0 Å². The van der Waals surface area contributed by atoms with Gasteiger partial charge in [-0.2, -0.15) is 4.98 Å². The van der Waals surface area contributed by atoms with Gasteiger partial charge >= 0.3 is 0 Å². The lowest BCUT2D eigenvalue weighted by atomic mass is 9.94. The Hall–Kier alpha value is -0.560. The normalized spacial score (nSPS) is 12.0. The van der Waals surface area contributed by atoms with E-state index < -0.39 is 0 Å². The van der Waals surface area contributed by atoms with Gasteiger partial charge < -0.3 is 10.2 Å². The van der Waals surface area contributed by atoms with Crippen molar-refractivity contribution in [1.82, 2.24) is 4.98 Å². The maximum absolute atomic E-state index is 5.38. The molecule has 1 heterocycles. The van der Waals surface area contributed by atoms with Crippen molar-refractivity contribution in [3.05, 3.63) is 5.76 Å². The molecule has 2 N–H and O–H groups in total.